The van der Waals surface area contributed by atoms with E-state index in [1.807, 2.05) is 0 Å². The van der Waals surface area contributed by atoms with E-state index in [0.717, 1.165) is 31.3 Å². The molecule has 1 heterocycles. The van der Waals surface area contributed by atoms with Crippen molar-refractivity contribution in [1.29, 1.82) is 0 Å². The lowest BCUT2D eigenvalue weighted by Gasteiger charge is -2.13. The van der Waals surface area contributed by atoms with Gasteiger partial charge in [-0.05, 0) is 18.1 Å². The summed E-state index contributed by atoms with van der Waals surface area (Å²) in [5.41, 5.74) is -0.319. The van der Waals surface area contributed by atoms with E-state index in [-0.39, 0.29) is 12.1 Å². The lowest BCUT2D eigenvalue weighted by atomic mass is 10.1. The number of nitrogens with zero attached hydrogens (tertiary/aromatic N) is 1. The summed E-state index contributed by atoms with van der Waals surface area (Å²) in [6.07, 6.45) is -2.49. The SMILES string of the molecule is FC(F)(F)c1ccccc1CNC1=NCCC1. The van der Waals surface area contributed by atoms with Crippen LogP contribution >= 0.6 is 0 Å². The van der Waals surface area contributed by atoms with Crippen LogP contribution in [0.15, 0.2) is 29.3 Å². The molecule has 17 heavy (non-hydrogen) atoms. The van der Waals surface area contributed by atoms with Gasteiger partial charge < -0.3 is 5.32 Å². The molecule has 1 N–H and O–H groups in total. The Morgan fingerprint density at radius 2 is 2.00 bits per heavy atom. The van der Waals surface area contributed by atoms with E-state index in [2.05, 4.69) is 10.3 Å². The summed E-state index contributed by atoms with van der Waals surface area (Å²) >= 11 is 0. The first kappa shape index (κ1) is 12.0. The van der Waals surface area contributed by atoms with Gasteiger partial charge in [0.2, 0.25) is 0 Å². The van der Waals surface area contributed by atoms with E-state index in [9.17, 15) is 13.2 Å². The third kappa shape index (κ3) is 2.99. The fourth-order valence-corrected chi connectivity index (χ4v) is 1.83. The summed E-state index contributed by atoms with van der Waals surface area (Å²) in [6, 6.07) is 5.61. The van der Waals surface area contributed by atoms with Gasteiger partial charge in [-0.25, -0.2) is 0 Å². The Balaban J connectivity index is 2.09. The molecule has 1 aliphatic heterocycles. The predicted molar refractivity (Wildman–Crippen MR) is 59.8 cm³/mol. The van der Waals surface area contributed by atoms with Crippen LogP contribution in [-0.4, -0.2) is 12.4 Å². The van der Waals surface area contributed by atoms with Crippen LogP contribution in [0.4, 0.5) is 13.2 Å². The Labute approximate surface area is 97.6 Å². The van der Waals surface area contributed by atoms with E-state index < -0.39 is 11.7 Å². The molecule has 0 saturated carbocycles. The van der Waals surface area contributed by atoms with Gasteiger partial charge >= 0.3 is 6.18 Å². The van der Waals surface area contributed by atoms with Crippen molar-refractivity contribution in [3.63, 3.8) is 0 Å². The molecule has 2 nitrogen and oxygen atoms in total. The zero-order valence-electron chi connectivity index (χ0n) is 9.22. The van der Waals surface area contributed by atoms with Crippen molar-refractivity contribution in [1.82, 2.24) is 5.32 Å². The lowest BCUT2D eigenvalue weighted by molar-refractivity contribution is -0.138. The molecular formula is C12H13F3N2. The molecule has 92 valence electrons. The minimum atomic E-state index is -4.30. The van der Waals surface area contributed by atoms with E-state index in [0.29, 0.717) is 0 Å². The monoisotopic (exact) mass is 242 g/mol. The maximum Gasteiger partial charge on any atom is 0.416 e. The third-order valence-electron chi connectivity index (χ3n) is 2.68. The summed E-state index contributed by atoms with van der Waals surface area (Å²) in [5.74, 6) is 0.807. The van der Waals surface area contributed by atoms with E-state index >= 15 is 0 Å². The summed E-state index contributed by atoms with van der Waals surface area (Å²) < 4.78 is 38.1. The molecule has 1 aliphatic rings. The minimum Gasteiger partial charge on any atom is -0.370 e. The Morgan fingerprint density at radius 1 is 1.24 bits per heavy atom. The maximum atomic E-state index is 12.7. The first-order valence-electron chi connectivity index (χ1n) is 5.49. The van der Waals surface area contributed by atoms with Crippen molar-refractivity contribution in [2.45, 2.75) is 25.6 Å². The zero-order chi connectivity index (χ0) is 12.3. The highest BCUT2D eigenvalue weighted by Crippen LogP contribution is 2.31. The maximum absolute atomic E-state index is 12.7. The molecule has 0 spiro atoms. The van der Waals surface area contributed by atoms with Crippen LogP contribution in [0, 0.1) is 0 Å². The number of nitrogens with one attached hydrogen (secondary N) is 1. The highest BCUT2D eigenvalue weighted by Gasteiger charge is 2.32. The molecule has 1 aromatic carbocycles. The van der Waals surface area contributed by atoms with E-state index in [4.69, 9.17) is 0 Å². The van der Waals surface area contributed by atoms with Crippen LogP contribution in [0.5, 0.6) is 0 Å². The largest absolute Gasteiger partial charge is 0.416 e. The number of rotatable bonds is 2. The highest BCUT2D eigenvalue weighted by atomic mass is 19.4. The first-order chi connectivity index (χ1) is 8.07. The quantitative estimate of drug-likeness (QED) is 0.847. The number of halogens is 3. The van der Waals surface area contributed by atoms with Crippen LogP contribution in [0.3, 0.4) is 0 Å². The number of hydrogen-bond donors (Lipinski definition) is 1. The number of hydrogen-bond acceptors (Lipinski definition) is 2. The molecule has 5 heteroatoms. The van der Waals surface area contributed by atoms with Crippen molar-refractivity contribution < 1.29 is 13.2 Å². The van der Waals surface area contributed by atoms with Crippen LogP contribution in [-0.2, 0) is 12.7 Å². The fourth-order valence-electron chi connectivity index (χ4n) is 1.83. The second-order valence-electron chi connectivity index (χ2n) is 3.94. The molecular weight excluding hydrogens is 229 g/mol. The van der Waals surface area contributed by atoms with Crippen LogP contribution in [0.25, 0.3) is 0 Å². The second kappa shape index (κ2) is 4.77. The van der Waals surface area contributed by atoms with Gasteiger partial charge in [0, 0.05) is 19.5 Å². The molecule has 0 saturated heterocycles. The van der Waals surface area contributed by atoms with Gasteiger partial charge in [0.15, 0.2) is 0 Å². The normalized spacial score (nSPS) is 15.8. The van der Waals surface area contributed by atoms with Gasteiger partial charge in [0.05, 0.1) is 11.4 Å². The van der Waals surface area contributed by atoms with Crippen molar-refractivity contribution >= 4 is 5.84 Å². The predicted octanol–water partition coefficient (Wildman–Crippen LogP) is 2.99. The van der Waals surface area contributed by atoms with Gasteiger partial charge in [-0.15, -0.1) is 0 Å². The number of amidine groups is 1. The summed E-state index contributed by atoms with van der Waals surface area (Å²) in [6.45, 7) is 0.942. The summed E-state index contributed by atoms with van der Waals surface area (Å²) in [7, 11) is 0. The second-order valence-corrected chi connectivity index (χ2v) is 3.94. The number of aliphatic imine (C=N–C) groups is 1. The number of alkyl halides is 3. The molecule has 0 amide bonds. The van der Waals surface area contributed by atoms with Crippen molar-refractivity contribution in [3.05, 3.63) is 35.4 Å². The van der Waals surface area contributed by atoms with E-state index in [1.54, 1.807) is 6.07 Å². The fraction of sp³-hybridized carbons (Fsp3) is 0.417. The van der Waals surface area contributed by atoms with Gasteiger partial charge in [0.25, 0.3) is 0 Å². The summed E-state index contributed by atoms with van der Waals surface area (Å²) in [4.78, 5) is 4.17. The van der Waals surface area contributed by atoms with Gasteiger partial charge in [-0.1, -0.05) is 18.2 Å². The molecule has 0 radical (unpaired) electrons. The van der Waals surface area contributed by atoms with Crippen molar-refractivity contribution in [3.8, 4) is 0 Å². The standard InChI is InChI=1S/C12H13F3N2/c13-12(14,15)10-5-2-1-4-9(10)8-17-11-6-3-7-16-11/h1-2,4-5H,3,6-8H2,(H,16,17). The third-order valence-corrected chi connectivity index (χ3v) is 2.68. The molecule has 0 aromatic heterocycles. The number of benzene rings is 1. The highest BCUT2D eigenvalue weighted by molar-refractivity contribution is 5.83. The zero-order valence-corrected chi connectivity index (χ0v) is 9.22. The van der Waals surface area contributed by atoms with Gasteiger partial charge in [-0.2, -0.15) is 13.2 Å². The Morgan fingerprint density at radius 3 is 2.65 bits per heavy atom. The average molecular weight is 242 g/mol. The first-order valence-corrected chi connectivity index (χ1v) is 5.49. The molecule has 2 rings (SSSR count). The van der Waals surface area contributed by atoms with Crippen LogP contribution < -0.4 is 5.32 Å². The lowest BCUT2D eigenvalue weighted by Crippen LogP contribution is -2.22. The molecule has 0 bridgehead atoms. The molecule has 1 aromatic rings. The summed E-state index contributed by atoms with van der Waals surface area (Å²) in [5, 5.41) is 2.96. The molecule has 0 fully saturated rings. The van der Waals surface area contributed by atoms with Gasteiger partial charge in [-0.3, -0.25) is 4.99 Å². The Kier molecular flexibility index (Phi) is 3.36. The Bertz CT molecular complexity index is 424. The molecule has 0 aliphatic carbocycles. The molecule has 0 atom stereocenters. The van der Waals surface area contributed by atoms with Gasteiger partial charge in [0.1, 0.15) is 0 Å². The van der Waals surface area contributed by atoms with Crippen molar-refractivity contribution in [2.24, 2.45) is 4.99 Å². The molecule has 0 unspecified atom stereocenters. The Hall–Kier alpha value is -1.52. The van der Waals surface area contributed by atoms with Crippen molar-refractivity contribution in [2.75, 3.05) is 6.54 Å². The minimum absolute atomic E-state index is 0.175. The smallest absolute Gasteiger partial charge is 0.370 e. The topological polar surface area (TPSA) is 24.4 Å². The van der Waals surface area contributed by atoms with Crippen LogP contribution in [0.1, 0.15) is 24.0 Å². The average Bonchev–Trinajstić information content (AvgIpc) is 2.78. The van der Waals surface area contributed by atoms with Crippen LogP contribution in [0.2, 0.25) is 0 Å². The van der Waals surface area contributed by atoms with E-state index in [1.165, 1.54) is 12.1 Å².